The van der Waals surface area contributed by atoms with Gasteiger partial charge in [0.2, 0.25) is 10.0 Å². The molecule has 3 rings (SSSR count). The van der Waals surface area contributed by atoms with E-state index in [0.717, 1.165) is 11.3 Å². The number of halogens is 1. The van der Waals surface area contributed by atoms with Gasteiger partial charge in [-0.2, -0.15) is 4.31 Å². The molecule has 0 atom stereocenters. The molecule has 0 radical (unpaired) electrons. The van der Waals surface area contributed by atoms with E-state index in [4.69, 9.17) is 16.7 Å². The summed E-state index contributed by atoms with van der Waals surface area (Å²) in [5, 5.41) is 9.64. The first-order valence-electron chi connectivity index (χ1n) is 9.01. The van der Waals surface area contributed by atoms with Gasteiger partial charge in [-0.25, -0.2) is 8.42 Å². The molecule has 0 aromatic heterocycles. The summed E-state index contributed by atoms with van der Waals surface area (Å²) in [7, 11) is -3.69. The molecule has 1 N–H and O–H groups in total. The van der Waals surface area contributed by atoms with E-state index in [-0.39, 0.29) is 11.3 Å². The number of carboxylic acids is 1. The maximum absolute atomic E-state index is 13.1. The first-order chi connectivity index (χ1) is 13.2. The third-order valence-electron chi connectivity index (χ3n) is 4.98. The highest BCUT2D eigenvalue weighted by molar-refractivity contribution is 7.89. The molecule has 0 unspecified atom stereocenters. The molecule has 6 nitrogen and oxygen atoms in total. The summed E-state index contributed by atoms with van der Waals surface area (Å²) in [5.74, 6) is -0.988. The molecular weight excluding hydrogens is 400 g/mol. The zero-order valence-electron chi connectivity index (χ0n) is 15.9. The van der Waals surface area contributed by atoms with Crippen molar-refractivity contribution in [1.29, 1.82) is 0 Å². The zero-order valence-corrected chi connectivity index (χ0v) is 17.4. The van der Waals surface area contributed by atoms with Gasteiger partial charge in [-0.3, -0.25) is 4.79 Å². The topological polar surface area (TPSA) is 77.9 Å². The van der Waals surface area contributed by atoms with Crippen LogP contribution in [0.4, 0.5) is 5.69 Å². The number of rotatable bonds is 5. The van der Waals surface area contributed by atoms with E-state index in [1.807, 2.05) is 25.1 Å². The first-order valence-corrected chi connectivity index (χ1v) is 10.8. The van der Waals surface area contributed by atoms with Crippen molar-refractivity contribution in [2.75, 3.05) is 31.1 Å². The lowest BCUT2D eigenvalue weighted by Crippen LogP contribution is -2.49. The van der Waals surface area contributed by atoms with Crippen LogP contribution in [0.25, 0.3) is 0 Å². The molecule has 28 heavy (non-hydrogen) atoms. The second-order valence-electron chi connectivity index (χ2n) is 6.99. The third kappa shape index (κ3) is 4.32. The Bertz CT molecular complexity index is 999. The second-order valence-corrected chi connectivity index (χ2v) is 9.34. The summed E-state index contributed by atoms with van der Waals surface area (Å²) in [4.78, 5) is 13.3. The van der Waals surface area contributed by atoms with Gasteiger partial charge >= 0.3 is 5.97 Å². The van der Waals surface area contributed by atoms with Crippen LogP contribution in [0.15, 0.2) is 41.3 Å². The second kappa shape index (κ2) is 8.11. The molecule has 0 bridgehead atoms. The molecule has 0 amide bonds. The van der Waals surface area contributed by atoms with Crippen molar-refractivity contribution in [1.82, 2.24) is 4.31 Å². The number of carbonyl (C=O) groups is 1. The van der Waals surface area contributed by atoms with Crippen LogP contribution in [0.2, 0.25) is 5.02 Å². The molecule has 0 saturated carbocycles. The van der Waals surface area contributed by atoms with Gasteiger partial charge < -0.3 is 10.0 Å². The van der Waals surface area contributed by atoms with Crippen molar-refractivity contribution in [3.05, 3.63) is 58.1 Å². The minimum absolute atomic E-state index is 0.179. The summed E-state index contributed by atoms with van der Waals surface area (Å²) in [5.41, 5.74) is 3.20. The molecule has 8 heteroatoms. The van der Waals surface area contributed by atoms with E-state index in [9.17, 15) is 13.2 Å². The summed E-state index contributed by atoms with van der Waals surface area (Å²) in [6.45, 7) is 5.57. The number of aryl methyl sites for hydroxylation is 2. The Morgan fingerprint density at radius 1 is 1.04 bits per heavy atom. The Hall–Kier alpha value is -2.09. The minimum atomic E-state index is -3.69. The maximum atomic E-state index is 13.1. The molecule has 1 heterocycles. The monoisotopic (exact) mass is 422 g/mol. The molecule has 1 aliphatic heterocycles. The van der Waals surface area contributed by atoms with Crippen LogP contribution in [-0.2, 0) is 21.2 Å². The molecular formula is C20H23ClN2O4S. The van der Waals surface area contributed by atoms with Gasteiger partial charge in [0.15, 0.2) is 0 Å². The van der Waals surface area contributed by atoms with E-state index in [1.165, 1.54) is 10.4 Å². The first kappa shape index (κ1) is 20.6. The zero-order chi connectivity index (χ0) is 20.5. The Morgan fingerprint density at radius 3 is 2.32 bits per heavy atom. The lowest BCUT2D eigenvalue weighted by molar-refractivity contribution is -0.136. The van der Waals surface area contributed by atoms with E-state index >= 15 is 0 Å². The van der Waals surface area contributed by atoms with E-state index in [2.05, 4.69) is 4.90 Å². The van der Waals surface area contributed by atoms with Gasteiger partial charge in [0.1, 0.15) is 0 Å². The molecule has 0 spiro atoms. The lowest BCUT2D eigenvalue weighted by Gasteiger charge is -2.36. The largest absolute Gasteiger partial charge is 0.481 e. The number of sulfonamides is 1. The maximum Gasteiger partial charge on any atom is 0.307 e. The quantitative estimate of drug-likeness (QED) is 0.801. The molecule has 2 aromatic rings. The average Bonchev–Trinajstić information content (AvgIpc) is 2.65. The number of aliphatic carboxylic acids is 1. The highest BCUT2D eigenvalue weighted by atomic mass is 35.5. The number of nitrogens with zero attached hydrogens (tertiary/aromatic N) is 2. The number of anilines is 1. The average molecular weight is 423 g/mol. The predicted molar refractivity (Wildman–Crippen MR) is 110 cm³/mol. The van der Waals surface area contributed by atoms with E-state index in [0.29, 0.717) is 42.3 Å². The van der Waals surface area contributed by atoms with Crippen LogP contribution < -0.4 is 4.90 Å². The van der Waals surface area contributed by atoms with Crippen LogP contribution in [0.1, 0.15) is 16.7 Å². The highest BCUT2D eigenvalue weighted by Gasteiger charge is 2.30. The van der Waals surface area contributed by atoms with Gasteiger partial charge in [-0.1, -0.05) is 29.8 Å². The van der Waals surface area contributed by atoms with Crippen molar-refractivity contribution >= 4 is 33.3 Å². The van der Waals surface area contributed by atoms with Crippen molar-refractivity contribution in [3.8, 4) is 0 Å². The third-order valence-corrected chi connectivity index (χ3v) is 7.25. The smallest absolute Gasteiger partial charge is 0.307 e. The number of hydrogen-bond acceptors (Lipinski definition) is 4. The Balaban J connectivity index is 1.80. The van der Waals surface area contributed by atoms with Crippen LogP contribution in [0, 0.1) is 13.8 Å². The summed E-state index contributed by atoms with van der Waals surface area (Å²) >= 11 is 6.11. The van der Waals surface area contributed by atoms with E-state index in [1.54, 1.807) is 19.1 Å². The van der Waals surface area contributed by atoms with Gasteiger partial charge in [-0.05, 0) is 48.7 Å². The number of hydrogen-bond donors (Lipinski definition) is 1. The summed E-state index contributed by atoms with van der Waals surface area (Å²) < 4.78 is 27.8. The van der Waals surface area contributed by atoms with Crippen LogP contribution >= 0.6 is 11.6 Å². The Labute approximate surface area is 170 Å². The predicted octanol–water partition coefficient (Wildman–Crippen LogP) is 3.09. The number of benzene rings is 2. The fourth-order valence-electron chi connectivity index (χ4n) is 3.44. The van der Waals surface area contributed by atoms with Crippen molar-refractivity contribution in [2.45, 2.75) is 25.2 Å². The van der Waals surface area contributed by atoms with Crippen molar-refractivity contribution in [2.24, 2.45) is 0 Å². The van der Waals surface area contributed by atoms with E-state index < -0.39 is 16.0 Å². The Morgan fingerprint density at radius 2 is 1.68 bits per heavy atom. The fraction of sp³-hybridized carbons (Fsp3) is 0.350. The molecule has 1 saturated heterocycles. The van der Waals surface area contributed by atoms with Gasteiger partial charge in [0, 0.05) is 36.9 Å². The molecule has 1 aliphatic rings. The molecule has 1 fully saturated rings. The molecule has 150 valence electrons. The van der Waals surface area contributed by atoms with Gasteiger partial charge in [0.05, 0.1) is 11.3 Å². The van der Waals surface area contributed by atoms with Crippen molar-refractivity contribution in [3.63, 3.8) is 0 Å². The van der Waals surface area contributed by atoms with Gasteiger partial charge in [0.25, 0.3) is 0 Å². The van der Waals surface area contributed by atoms with Crippen LogP contribution in [-0.4, -0.2) is 50.0 Å². The normalized spacial score (nSPS) is 15.6. The Kier molecular flexibility index (Phi) is 5.98. The summed E-state index contributed by atoms with van der Waals surface area (Å²) in [6.07, 6.45) is -0.204. The highest BCUT2D eigenvalue weighted by Crippen LogP contribution is 2.27. The molecule has 0 aliphatic carbocycles. The fourth-order valence-corrected chi connectivity index (χ4v) is 5.30. The minimum Gasteiger partial charge on any atom is -0.481 e. The SMILES string of the molecule is Cc1ccc(Cl)cc1N1CCN(S(=O)(=O)c2cc(CC(=O)O)ccc2C)CC1. The number of carboxylic acid groups (broad SMARTS) is 1. The summed E-state index contributed by atoms with van der Waals surface area (Å²) in [6, 6.07) is 10.5. The van der Waals surface area contributed by atoms with Crippen LogP contribution in [0.3, 0.4) is 0 Å². The van der Waals surface area contributed by atoms with Gasteiger partial charge in [-0.15, -0.1) is 0 Å². The lowest BCUT2D eigenvalue weighted by atomic mass is 10.1. The number of piperazine rings is 1. The van der Waals surface area contributed by atoms with Crippen LogP contribution in [0.5, 0.6) is 0 Å². The standard InChI is InChI=1S/C20H23ClN2O4S/c1-14-4-6-17(21)13-18(14)22-7-9-23(10-8-22)28(26,27)19-11-16(12-20(24)25)5-3-15(19)2/h3-6,11,13H,7-10,12H2,1-2H3,(H,24,25). The molecule has 2 aromatic carbocycles. The van der Waals surface area contributed by atoms with Crippen molar-refractivity contribution < 1.29 is 18.3 Å².